The lowest BCUT2D eigenvalue weighted by atomic mass is 10.1. The molecule has 4 rings (SSSR count). The number of thiazole rings is 1. The van der Waals surface area contributed by atoms with Crippen LogP contribution >= 0.6 is 11.3 Å². The predicted molar refractivity (Wildman–Crippen MR) is 122 cm³/mol. The van der Waals surface area contributed by atoms with Crippen molar-refractivity contribution in [2.75, 3.05) is 14.2 Å². The highest BCUT2D eigenvalue weighted by Crippen LogP contribution is 2.39. The molecule has 6 nitrogen and oxygen atoms in total. The normalized spacial score (nSPS) is 11.7. The third-order valence-corrected chi connectivity index (χ3v) is 6.04. The second kappa shape index (κ2) is 9.07. The summed E-state index contributed by atoms with van der Waals surface area (Å²) in [6.45, 7) is 0. The number of pyridine rings is 1. The lowest BCUT2D eigenvalue weighted by molar-refractivity contribution is 0.0961. The molecule has 0 fully saturated rings. The van der Waals surface area contributed by atoms with Crippen molar-refractivity contribution in [2.45, 2.75) is 6.04 Å². The number of hydrogen-bond donors (Lipinski definition) is 1. The summed E-state index contributed by atoms with van der Waals surface area (Å²) in [7, 11) is 3.26. The molecule has 2 aromatic carbocycles. The van der Waals surface area contributed by atoms with Gasteiger partial charge in [0.25, 0.3) is 0 Å². The van der Waals surface area contributed by atoms with E-state index in [-0.39, 0.29) is 5.78 Å². The van der Waals surface area contributed by atoms with E-state index in [2.05, 4.69) is 4.98 Å². The van der Waals surface area contributed by atoms with Gasteiger partial charge in [-0.2, -0.15) is 0 Å². The van der Waals surface area contributed by atoms with Crippen molar-refractivity contribution in [3.05, 3.63) is 83.6 Å². The number of rotatable bonds is 7. The van der Waals surface area contributed by atoms with Crippen LogP contribution in [0.4, 0.5) is 0 Å². The molecule has 7 heteroatoms. The molecule has 0 spiro atoms. The van der Waals surface area contributed by atoms with Crippen LogP contribution in [0.25, 0.3) is 21.7 Å². The smallest absolute Gasteiger partial charge is 0.188 e. The number of nitrogens with zero attached hydrogens (tertiary/aromatic N) is 2. The molecule has 4 aromatic rings. The number of nitrogens with two attached hydrogens (primary N) is 1. The molecule has 1 atom stereocenters. The first-order valence-electron chi connectivity index (χ1n) is 9.60. The quantitative estimate of drug-likeness (QED) is 0.424. The van der Waals surface area contributed by atoms with Crippen LogP contribution in [0.5, 0.6) is 11.5 Å². The molecular formula is C24H21N3O3S. The Morgan fingerprint density at radius 3 is 2.10 bits per heavy atom. The molecule has 31 heavy (non-hydrogen) atoms. The Balaban J connectivity index is 1.78. The van der Waals surface area contributed by atoms with Crippen LogP contribution in [0.3, 0.4) is 0 Å². The topological polar surface area (TPSA) is 87.3 Å². The zero-order valence-corrected chi connectivity index (χ0v) is 17.9. The van der Waals surface area contributed by atoms with Crippen LogP contribution in [0, 0.1) is 0 Å². The fourth-order valence-electron chi connectivity index (χ4n) is 3.15. The van der Waals surface area contributed by atoms with E-state index in [0.29, 0.717) is 10.6 Å². The molecule has 0 amide bonds. The summed E-state index contributed by atoms with van der Waals surface area (Å²) < 4.78 is 10.5. The first-order valence-corrected chi connectivity index (χ1v) is 10.4. The van der Waals surface area contributed by atoms with Gasteiger partial charge in [0.2, 0.25) is 0 Å². The summed E-state index contributed by atoms with van der Waals surface area (Å²) in [6.07, 6.45) is 3.14. The zero-order valence-electron chi connectivity index (χ0n) is 17.1. The highest BCUT2D eigenvalue weighted by atomic mass is 32.1. The number of ketones is 1. The van der Waals surface area contributed by atoms with Gasteiger partial charge in [-0.1, -0.05) is 0 Å². The van der Waals surface area contributed by atoms with Gasteiger partial charge in [-0.3, -0.25) is 9.78 Å². The second-order valence-electron chi connectivity index (χ2n) is 6.77. The van der Waals surface area contributed by atoms with Gasteiger partial charge in [0, 0.05) is 23.5 Å². The van der Waals surface area contributed by atoms with Gasteiger partial charge in [-0.25, -0.2) is 4.98 Å². The molecule has 0 bridgehead atoms. The van der Waals surface area contributed by atoms with Crippen molar-refractivity contribution >= 4 is 17.1 Å². The van der Waals surface area contributed by atoms with Gasteiger partial charge in [0.1, 0.15) is 22.5 Å². The van der Waals surface area contributed by atoms with Crippen molar-refractivity contribution in [3.63, 3.8) is 0 Å². The molecule has 0 saturated heterocycles. The maximum atomic E-state index is 12.9. The molecule has 0 aliphatic carbocycles. The van der Waals surface area contributed by atoms with Gasteiger partial charge in [-0.05, 0) is 66.2 Å². The number of ether oxygens (including phenoxy) is 2. The van der Waals surface area contributed by atoms with E-state index in [1.807, 2.05) is 48.5 Å². The Labute approximate surface area is 184 Å². The van der Waals surface area contributed by atoms with Crippen LogP contribution in [0.1, 0.15) is 21.4 Å². The fraction of sp³-hybridized carbons (Fsp3) is 0.125. The minimum absolute atomic E-state index is 0.218. The zero-order chi connectivity index (χ0) is 21.8. The number of carbonyl (C=O) groups excluding carboxylic acids is 1. The summed E-state index contributed by atoms with van der Waals surface area (Å²) >= 11 is 1.41. The fourth-order valence-corrected chi connectivity index (χ4v) is 4.25. The minimum atomic E-state index is -0.877. The van der Waals surface area contributed by atoms with E-state index >= 15 is 0 Å². The summed E-state index contributed by atoms with van der Waals surface area (Å²) in [5.74, 6) is 1.31. The third kappa shape index (κ3) is 4.33. The van der Waals surface area contributed by atoms with Crippen LogP contribution in [0.15, 0.2) is 73.1 Å². The minimum Gasteiger partial charge on any atom is -0.497 e. The summed E-state index contributed by atoms with van der Waals surface area (Å²) in [4.78, 5) is 22.6. The summed E-state index contributed by atoms with van der Waals surface area (Å²) in [5.41, 5.74) is 9.44. The number of Topliss-reactive ketones (excluding diaryl/α,β-unsaturated/α-hetero) is 1. The highest BCUT2D eigenvalue weighted by Gasteiger charge is 2.24. The monoisotopic (exact) mass is 431 g/mol. The van der Waals surface area contributed by atoms with Crippen molar-refractivity contribution < 1.29 is 14.3 Å². The first kappa shape index (κ1) is 20.7. The van der Waals surface area contributed by atoms with E-state index in [9.17, 15) is 4.79 Å². The van der Waals surface area contributed by atoms with Crippen molar-refractivity contribution in [3.8, 4) is 33.2 Å². The number of hydrogen-bond acceptors (Lipinski definition) is 7. The summed E-state index contributed by atoms with van der Waals surface area (Å²) in [5, 5.41) is 0.547. The number of aromatic nitrogens is 2. The van der Waals surface area contributed by atoms with Gasteiger partial charge in [0.15, 0.2) is 5.78 Å². The maximum Gasteiger partial charge on any atom is 0.188 e. The molecule has 2 aromatic heterocycles. The second-order valence-corrected chi connectivity index (χ2v) is 7.80. The number of carbonyl (C=O) groups is 1. The molecule has 0 radical (unpaired) electrons. The average molecular weight is 432 g/mol. The van der Waals surface area contributed by atoms with E-state index in [0.717, 1.165) is 33.2 Å². The molecule has 2 N–H and O–H groups in total. The standard InChI is InChI=1S/C24H21N3O3S/c1-29-18-9-5-15(6-10-18)21-23(16-7-11-19(30-2)12-8-16)31-24(27-21)20(25)22(28)17-4-3-13-26-14-17/h3-14,20H,25H2,1-2H3. The molecule has 156 valence electrons. The van der Waals surface area contributed by atoms with Crippen LogP contribution in [-0.4, -0.2) is 30.0 Å². The van der Waals surface area contributed by atoms with Gasteiger partial charge in [0.05, 0.1) is 24.8 Å². The van der Waals surface area contributed by atoms with Crippen molar-refractivity contribution in [2.24, 2.45) is 5.73 Å². The molecule has 2 heterocycles. The largest absolute Gasteiger partial charge is 0.497 e. The Morgan fingerprint density at radius 1 is 0.935 bits per heavy atom. The Bertz CT molecular complexity index is 1110. The molecule has 1 unspecified atom stereocenters. The molecule has 0 aliphatic heterocycles. The first-order chi connectivity index (χ1) is 15.1. The molecule has 0 saturated carbocycles. The predicted octanol–water partition coefficient (Wildman–Crippen LogP) is 4.77. The SMILES string of the molecule is COc1ccc(-c2nc(C(N)C(=O)c3cccnc3)sc2-c2ccc(OC)cc2)cc1. The van der Waals surface area contributed by atoms with E-state index < -0.39 is 6.04 Å². The molecule has 0 aliphatic rings. The van der Waals surface area contributed by atoms with Crippen molar-refractivity contribution in [1.29, 1.82) is 0 Å². The van der Waals surface area contributed by atoms with Gasteiger partial charge >= 0.3 is 0 Å². The third-order valence-electron chi connectivity index (χ3n) is 4.85. The average Bonchev–Trinajstić information content (AvgIpc) is 3.29. The lowest BCUT2D eigenvalue weighted by Gasteiger charge is -2.06. The van der Waals surface area contributed by atoms with Crippen molar-refractivity contribution in [1.82, 2.24) is 9.97 Å². The Kier molecular flexibility index (Phi) is 6.06. The van der Waals surface area contributed by atoms with E-state index in [1.165, 1.54) is 17.5 Å². The number of benzene rings is 2. The van der Waals surface area contributed by atoms with Crippen LogP contribution in [-0.2, 0) is 0 Å². The number of methoxy groups -OCH3 is 2. The van der Waals surface area contributed by atoms with E-state index in [1.54, 1.807) is 32.5 Å². The van der Waals surface area contributed by atoms with Gasteiger partial charge in [-0.15, -0.1) is 11.3 Å². The van der Waals surface area contributed by atoms with Gasteiger partial charge < -0.3 is 15.2 Å². The van der Waals surface area contributed by atoms with Crippen LogP contribution in [0.2, 0.25) is 0 Å². The lowest BCUT2D eigenvalue weighted by Crippen LogP contribution is -2.21. The molecular weight excluding hydrogens is 410 g/mol. The van der Waals surface area contributed by atoms with E-state index in [4.69, 9.17) is 20.2 Å². The Hall–Kier alpha value is -3.55. The summed E-state index contributed by atoms with van der Waals surface area (Å²) in [6, 6.07) is 17.9. The highest BCUT2D eigenvalue weighted by molar-refractivity contribution is 7.16. The Morgan fingerprint density at radius 2 is 1.55 bits per heavy atom. The van der Waals surface area contributed by atoms with Crippen LogP contribution < -0.4 is 15.2 Å². The maximum absolute atomic E-state index is 12.9.